The summed E-state index contributed by atoms with van der Waals surface area (Å²) in [4.78, 5) is 28.7. The Balaban J connectivity index is 2.06. The molecule has 3 aromatic carbocycles. The average molecular weight is 586 g/mol. The maximum absolute atomic E-state index is 14.0. The van der Waals surface area contributed by atoms with Gasteiger partial charge in [0.2, 0.25) is 11.8 Å². The van der Waals surface area contributed by atoms with Gasteiger partial charge in [-0.25, -0.2) is 8.42 Å². The molecule has 2 amide bonds. The van der Waals surface area contributed by atoms with E-state index in [4.69, 9.17) is 16.3 Å². The first kappa shape index (κ1) is 31.0. The number of anilines is 1. The Morgan fingerprint density at radius 1 is 1.00 bits per heavy atom. The highest BCUT2D eigenvalue weighted by Gasteiger charge is 2.34. The number of methoxy groups -OCH3 is 1. The summed E-state index contributed by atoms with van der Waals surface area (Å²) in [5, 5.41) is 3.21. The topological polar surface area (TPSA) is 96.0 Å². The number of hydrogen-bond donors (Lipinski definition) is 1. The third-order valence-electron chi connectivity index (χ3n) is 6.31. The zero-order valence-corrected chi connectivity index (χ0v) is 25.0. The molecule has 3 aromatic rings. The van der Waals surface area contributed by atoms with Crippen LogP contribution in [0.15, 0.2) is 77.7 Å². The molecule has 40 heavy (non-hydrogen) atoms. The van der Waals surface area contributed by atoms with Crippen molar-refractivity contribution < 1.29 is 22.7 Å². The highest BCUT2D eigenvalue weighted by Crippen LogP contribution is 2.28. The van der Waals surface area contributed by atoms with Gasteiger partial charge >= 0.3 is 0 Å². The molecule has 0 heterocycles. The Morgan fingerprint density at radius 3 is 2.20 bits per heavy atom. The minimum atomic E-state index is -4.20. The Morgan fingerprint density at radius 2 is 1.65 bits per heavy atom. The lowest BCUT2D eigenvalue weighted by Crippen LogP contribution is -2.53. The van der Waals surface area contributed by atoms with E-state index >= 15 is 0 Å². The molecule has 0 unspecified atom stereocenters. The van der Waals surface area contributed by atoms with Crippen LogP contribution in [-0.4, -0.2) is 50.9 Å². The first-order chi connectivity index (χ1) is 19.0. The van der Waals surface area contributed by atoms with Crippen molar-refractivity contribution in [1.29, 1.82) is 0 Å². The molecular formula is C30H36ClN3O5S. The fourth-order valence-electron chi connectivity index (χ4n) is 4.23. The smallest absolute Gasteiger partial charge is 0.264 e. The van der Waals surface area contributed by atoms with Gasteiger partial charge in [0, 0.05) is 17.6 Å². The van der Waals surface area contributed by atoms with Gasteiger partial charge < -0.3 is 15.0 Å². The third-order valence-corrected chi connectivity index (χ3v) is 8.34. The van der Waals surface area contributed by atoms with Crippen LogP contribution in [0.3, 0.4) is 0 Å². The molecule has 0 saturated heterocycles. The quantitative estimate of drug-likeness (QED) is 0.316. The van der Waals surface area contributed by atoms with E-state index in [-0.39, 0.29) is 29.1 Å². The molecule has 0 saturated carbocycles. The molecule has 3 rings (SSSR count). The molecule has 0 aliphatic rings. The zero-order valence-electron chi connectivity index (χ0n) is 23.4. The molecule has 1 atom stereocenters. The maximum atomic E-state index is 14.0. The number of rotatable bonds is 12. The van der Waals surface area contributed by atoms with E-state index in [1.165, 1.54) is 42.3 Å². The summed E-state index contributed by atoms with van der Waals surface area (Å²) < 4.78 is 34.0. The van der Waals surface area contributed by atoms with Crippen molar-refractivity contribution in [1.82, 2.24) is 10.2 Å². The van der Waals surface area contributed by atoms with Crippen LogP contribution in [0.25, 0.3) is 0 Å². The van der Waals surface area contributed by atoms with Crippen LogP contribution in [-0.2, 0) is 26.2 Å². The third kappa shape index (κ3) is 7.76. The molecule has 0 spiro atoms. The number of nitrogens with zero attached hydrogens (tertiary/aromatic N) is 2. The Labute approximate surface area is 241 Å². The molecule has 10 heteroatoms. The summed E-state index contributed by atoms with van der Waals surface area (Å²) in [6, 6.07) is 18.9. The van der Waals surface area contributed by atoms with Gasteiger partial charge in [-0.3, -0.25) is 13.9 Å². The summed E-state index contributed by atoms with van der Waals surface area (Å²) in [7, 11) is -2.71. The second-order valence-corrected chi connectivity index (χ2v) is 12.1. The molecule has 0 fully saturated rings. The predicted octanol–water partition coefficient (Wildman–Crippen LogP) is 5.18. The van der Waals surface area contributed by atoms with Crippen LogP contribution < -0.4 is 14.4 Å². The van der Waals surface area contributed by atoms with E-state index in [1.54, 1.807) is 18.2 Å². The van der Waals surface area contributed by atoms with Gasteiger partial charge in [0.1, 0.15) is 18.3 Å². The van der Waals surface area contributed by atoms with Gasteiger partial charge in [-0.1, -0.05) is 54.4 Å². The van der Waals surface area contributed by atoms with Crippen molar-refractivity contribution in [2.24, 2.45) is 0 Å². The standard InChI is InChI=1S/C30H36ClN3O5S/c1-6-28(30(36)32-21(2)3)33(19-23-12-10-22(4)11-13-23)29(35)20-34(25-9-7-8-24(31)18-25)40(37,38)27-16-14-26(39-5)15-17-27/h7-18,21,28H,6,19-20H2,1-5H3,(H,32,36)/t28-/m0/s1. The molecule has 214 valence electrons. The average Bonchev–Trinajstić information content (AvgIpc) is 2.92. The molecule has 0 aliphatic carbocycles. The fourth-order valence-corrected chi connectivity index (χ4v) is 5.82. The maximum Gasteiger partial charge on any atom is 0.264 e. The van der Waals surface area contributed by atoms with Crippen molar-refractivity contribution in [2.45, 2.75) is 57.6 Å². The van der Waals surface area contributed by atoms with E-state index in [2.05, 4.69) is 5.32 Å². The number of nitrogens with one attached hydrogen (secondary N) is 1. The second-order valence-electron chi connectivity index (χ2n) is 9.76. The van der Waals surface area contributed by atoms with E-state index in [1.807, 2.05) is 52.0 Å². The van der Waals surface area contributed by atoms with Gasteiger partial charge in [0.15, 0.2) is 0 Å². The second kappa shape index (κ2) is 13.7. The number of carbonyl (C=O) groups excluding carboxylic acids is 2. The lowest BCUT2D eigenvalue weighted by molar-refractivity contribution is -0.140. The van der Waals surface area contributed by atoms with E-state index in [0.29, 0.717) is 17.2 Å². The summed E-state index contributed by atoms with van der Waals surface area (Å²) in [6.07, 6.45) is 0.346. The van der Waals surface area contributed by atoms with Crippen LogP contribution >= 0.6 is 11.6 Å². The van der Waals surface area contributed by atoms with Crippen molar-refractivity contribution in [2.75, 3.05) is 18.0 Å². The molecule has 1 N–H and O–H groups in total. The SMILES string of the molecule is CC[C@@H](C(=O)NC(C)C)N(Cc1ccc(C)cc1)C(=O)CN(c1cccc(Cl)c1)S(=O)(=O)c1ccc(OC)cc1. The van der Waals surface area contributed by atoms with Crippen LogP contribution in [0.1, 0.15) is 38.3 Å². The number of amides is 2. The summed E-state index contributed by atoms with van der Waals surface area (Å²) in [5.41, 5.74) is 2.11. The van der Waals surface area contributed by atoms with Crippen LogP contribution in [0.5, 0.6) is 5.75 Å². The number of carbonyl (C=O) groups is 2. The van der Waals surface area contributed by atoms with Crippen LogP contribution in [0.4, 0.5) is 5.69 Å². The van der Waals surface area contributed by atoms with Gasteiger partial charge in [0.05, 0.1) is 17.7 Å². The van der Waals surface area contributed by atoms with Gasteiger partial charge in [0.25, 0.3) is 10.0 Å². The first-order valence-electron chi connectivity index (χ1n) is 13.0. The van der Waals surface area contributed by atoms with Crippen molar-refractivity contribution in [3.8, 4) is 5.75 Å². The van der Waals surface area contributed by atoms with E-state index < -0.39 is 28.5 Å². The highest BCUT2D eigenvalue weighted by atomic mass is 35.5. The largest absolute Gasteiger partial charge is 0.497 e. The predicted molar refractivity (Wildman–Crippen MR) is 158 cm³/mol. The minimum Gasteiger partial charge on any atom is -0.497 e. The molecule has 0 aromatic heterocycles. The molecule has 0 radical (unpaired) electrons. The monoisotopic (exact) mass is 585 g/mol. The lowest BCUT2D eigenvalue weighted by atomic mass is 10.1. The summed E-state index contributed by atoms with van der Waals surface area (Å²) in [5.74, 6) is -0.329. The van der Waals surface area contributed by atoms with Gasteiger partial charge in [-0.2, -0.15) is 0 Å². The number of benzene rings is 3. The van der Waals surface area contributed by atoms with Crippen molar-refractivity contribution in [3.63, 3.8) is 0 Å². The van der Waals surface area contributed by atoms with Crippen LogP contribution in [0, 0.1) is 6.92 Å². The summed E-state index contributed by atoms with van der Waals surface area (Å²) in [6.45, 7) is 7.08. The molecule has 0 bridgehead atoms. The van der Waals surface area contributed by atoms with Crippen molar-refractivity contribution in [3.05, 3.63) is 88.9 Å². The molecule has 0 aliphatic heterocycles. The van der Waals surface area contributed by atoms with Gasteiger partial charge in [-0.15, -0.1) is 0 Å². The van der Waals surface area contributed by atoms with Crippen LogP contribution in [0.2, 0.25) is 5.02 Å². The van der Waals surface area contributed by atoms with Crippen molar-refractivity contribution >= 4 is 39.1 Å². The zero-order chi connectivity index (χ0) is 29.4. The van der Waals surface area contributed by atoms with Gasteiger partial charge in [-0.05, 0) is 75.2 Å². The first-order valence-corrected chi connectivity index (χ1v) is 14.9. The number of aryl methyl sites for hydroxylation is 1. The van der Waals surface area contributed by atoms with E-state index in [9.17, 15) is 18.0 Å². The Bertz CT molecular complexity index is 1410. The minimum absolute atomic E-state index is 0.0178. The number of ether oxygens (including phenoxy) is 1. The normalized spacial score (nSPS) is 12.1. The Kier molecular flexibility index (Phi) is 10.6. The molecule has 8 nitrogen and oxygen atoms in total. The molecular weight excluding hydrogens is 550 g/mol. The highest BCUT2D eigenvalue weighted by molar-refractivity contribution is 7.92. The Hall–Kier alpha value is -3.56. The fraction of sp³-hybridized carbons (Fsp3) is 0.333. The number of sulfonamides is 1. The number of halogens is 1. The summed E-state index contributed by atoms with van der Waals surface area (Å²) >= 11 is 6.22. The van der Waals surface area contributed by atoms with E-state index in [0.717, 1.165) is 15.4 Å². The lowest BCUT2D eigenvalue weighted by Gasteiger charge is -2.33. The number of hydrogen-bond acceptors (Lipinski definition) is 5.